The molecule has 3 nitrogen and oxygen atoms in total. The molecule has 1 heterocycles. The van der Waals surface area contributed by atoms with Crippen LogP contribution in [0.4, 0.5) is 0 Å². The van der Waals surface area contributed by atoms with E-state index in [-0.39, 0.29) is 5.78 Å². The summed E-state index contributed by atoms with van der Waals surface area (Å²) in [4.78, 5) is 20.6. The van der Waals surface area contributed by atoms with E-state index in [1.165, 1.54) is 53.5 Å². The summed E-state index contributed by atoms with van der Waals surface area (Å²) in [6.07, 6.45) is 9.15. The van der Waals surface area contributed by atoms with Gasteiger partial charge in [-0.05, 0) is 59.4 Å². The van der Waals surface area contributed by atoms with Gasteiger partial charge in [0.05, 0.1) is 17.2 Å². The lowest BCUT2D eigenvalue weighted by Gasteiger charge is -2.13. The fourth-order valence-electron chi connectivity index (χ4n) is 5.25. The van der Waals surface area contributed by atoms with Crippen molar-refractivity contribution in [2.24, 2.45) is 5.92 Å². The smallest absolute Gasteiger partial charge is 0.173 e. The highest BCUT2D eigenvalue weighted by molar-refractivity contribution is 9.09. The van der Waals surface area contributed by atoms with E-state index in [2.05, 4.69) is 63.2 Å². The van der Waals surface area contributed by atoms with Gasteiger partial charge < -0.3 is 4.98 Å². The summed E-state index contributed by atoms with van der Waals surface area (Å²) < 4.78 is 0. The Morgan fingerprint density at radius 3 is 2.47 bits per heavy atom. The molecule has 0 bridgehead atoms. The lowest BCUT2D eigenvalue weighted by molar-refractivity contribution is 0.102. The van der Waals surface area contributed by atoms with E-state index in [0.717, 1.165) is 29.9 Å². The first-order valence-electron chi connectivity index (χ1n) is 11.0. The summed E-state index contributed by atoms with van der Waals surface area (Å²) in [5, 5.41) is 0.384. The van der Waals surface area contributed by atoms with Gasteiger partial charge in [-0.15, -0.1) is 0 Å². The second kappa shape index (κ2) is 8.14. The maximum Gasteiger partial charge on any atom is 0.173 e. The minimum absolute atomic E-state index is 0.180. The van der Waals surface area contributed by atoms with Crippen molar-refractivity contribution in [3.63, 3.8) is 0 Å². The van der Waals surface area contributed by atoms with Gasteiger partial charge in [-0.3, -0.25) is 4.79 Å². The second-order valence-electron chi connectivity index (χ2n) is 8.93. The van der Waals surface area contributed by atoms with Crippen LogP contribution >= 0.6 is 15.9 Å². The lowest BCUT2D eigenvalue weighted by atomic mass is 9.92. The van der Waals surface area contributed by atoms with E-state index in [0.29, 0.717) is 17.2 Å². The zero-order valence-corrected chi connectivity index (χ0v) is 19.0. The Balaban J connectivity index is 1.45. The van der Waals surface area contributed by atoms with E-state index in [1.54, 1.807) is 0 Å². The monoisotopic (exact) mass is 462 g/mol. The average Bonchev–Trinajstić information content (AvgIpc) is 3.52. The molecule has 30 heavy (non-hydrogen) atoms. The van der Waals surface area contributed by atoms with Crippen molar-refractivity contribution < 1.29 is 4.79 Å². The highest BCUT2D eigenvalue weighted by atomic mass is 79.9. The molecule has 3 aromatic rings. The van der Waals surface area contributed by atoms with Gasteiger partial charge >= 0.3 is 0 Å². The molecule has 1 saturated carbocycles. The number of nitrogens with zero attached hydrogens (tertiary/aromatic N) is 1. The Kier molecular flexibility index (Phi) is 5.36. The molecule has 2 aliphatic carbocycles. The van der Waals surface area contributed by atoms with Crippen molar-refractivity contribution in [3.05, 3.63) is 65.1 Å². The average molecular weight is 463 g/mol. The Morgan fingerprint density at radius 2 is 1.73 bits per heavy atom. The minimum Gasteiger partial charge on any atom is -0.342 e. The minimum atomic E-state index is 0.180. The van der Waals surface area contributed by atoms with Crippen LogP contribution in [0.15, 0.2) is 42.6 Å². The highest BCUT2D eigenvalue weighted by Gasteiger charge is 2.26. The van der Waals surface area contributed by atoms with E-state index >= 15 is 0 Å². The van der Waals surface area contributed by atoms with Crippen LogP contribution in [-0.2, 0) is 12.8 Å². The van der Waals surface area contributed by atoms with Gasteiger partial charge in [0.1, 0.15) is 5.82 Å². The Morgan fingerprint density at radius 1 is 1.03 bits per heavy atom. The van der Waals surface area contributed by atoms with Crippen molar-refractivity contribution in [2.75, 3.05) is 5.33 Å². The van der Waals surface area contributed by atoms with Crippen molar-refractivity contribution in [1.82, 2.24) is 9.97 Å². The standard InChI is InChI=1S/C26H27BrN2O/c1-16-12-22-20(10-11-21(23(22)13-16)25(30)14-27)17-6-8-18(9-7-17)24-15-28-26(29-24)19-4-2-3-5-19/h6-11,15-16,19H,2-5,12-14H2,1H3,(H,28,29). The van der Waals surface area contributed by atoms with Gasteiger partial charge in [0.15, 0.2) is 5.78 Å². The zero-order valence-electron chi connectivity index (χ0n) is 17.4. The third-order valence-electron chi connectivity index (χ3n) is 6.80. The molecule has 1 unspecified atom stereocenters. The summed E-state index contributed by atoms with van der Waals surface area (Å²) in [6.45, 7) is 2.27. The third-order valence-corrected chi connectivity index (χ3v) is 7.31. The number of imidazole rings is 1. The van der Waals surface area contributed by atoms with Crippen LogP contribution in [0.3, 0.4) is 0 Å². The number of ketones is 1. The fraction of sp³-hybridized carbons (Fsp3) is 0.385. The molecule has 1 atom stereocenters. The van der Waals surface area contributed by atoms with Gasteiger partial charge in [0, 0.05) is 11.5 Å². The number of rotatable bonds is 5. The van der Waals surface area contributed by atoms with E-state index in [9.17, 15) is 4.79 Å². The molecule has 1 aromatic heterocycles. The molecular weight excluding hydrogens is 436 g/mol. The molecule has 0 spiro atoms. The molecule has 0 aliphatic heterocycles. The molecule has 5 rings (SSSR count). The molecule has 4 heteroatoms. The molecule has 1 fully saturated rings. The normalized spacial score (nSPS) is 18.7. The number of carbonyl (C=O) groups excluding carboxylic acids is 1. The number of fused-ring (bicyclic) bond motifs is 1. The van der Waals surface area contributed by atoms with E-state index in [4.69, 9.17) is 0 Å². The SMILES string of the molecule is CC1Cc2c(C(=O)CBr)ccc(-c3ccc(-c4cnc(C5CCCC5)[nH]4)cc3)c2C1. The largest absolute Gasteiger partial charge is 0.342 e. The summed E-state index contributed by atoms with van der Waals surface area (Å²) in [6, 6.07) is 12.9. The van der Waals surface area contributed by atoms with Crippen LogP contribution in [0, 0.1) is 5.92 Å². The number of alkyl halides is 1. The van der Waals surface area contributed by atoms with Crippen LogP contribution in [0.25, 0.3) is 22.4 Å². The Hall–Kier alpha value is -2.20. The number of hydrogen-bond acceptors (Lipinski definition) is 2. The Labute approximate surface area is 186 Å². The van der Waals surface area contributed by atoms with Crippen molar-refractivity contribution >= 4 is 21.7 Å². The maximum absolute atomic E-state index is 12.4. The topological polar surface area (TPSA) is 45.8 Å². The number of hydrogen-bond donors (Lipinski definition) is 1. The molecule has 0 saturated heterocycles. The van der Waals surface area contributed by atoms with E-state index in [1.807, 2.05) is 12.3 Å². The van der Waals surface area contributed by atoms with Crippen LogP contribution in [0.5, 0.6) is 0 Å². The predicted molar refractivity (Wildman–Crippen MR) is 125 cm³/mol. The number of aromatic amines is 1. The first-order valence-corrected chi connectivity index (χ1v) is 12.2. The third kappa shape index (κ3) is 3.56. The molecule has 2 aromatic carbocycles. The van der Waals surface area contributed by atoms with Gasteiger partial charge in [0.25, 0.3) is 0 Å². The van der Waals surface area contributed by atoms with Gasteiger partial charge in [0.2, 0.25) is 0 Å². The summed E-state index contributed by atoms with van der Waals surface area (Å²) in [7, 11) is 0. The molecule has 2 aliphatic rings. The van der Waals surface area contributed by atoms with E-state index < -0.39 is 0 Å². The lowest BCUT2D eigenvalue weighted by Crippen LogP contribution is -2.05. The van der Waals surface area contributed by atoms with Crippen LogP contribution in [-0.4, -0.2) is 21.1 Å². The predicted octanol–water partition coefficient (Wildman–Crippen LogP) is 6.71. The second-order valence-corrected chi connectivity index (χ2v) is 9.49. The first kappa shape index (κ1) is 19.7. The zero-order chi connectivity index (χ0) is 20.7. The van der Waals surface area contributed by atoms with Crippen molar-refractivity contribution in [1.29, 1.82) is 0 Å². The number of H-pyrrole nitrogens is 1. The number of aromatic nitrogens is 2. The molecular formula is C26H27BrN2O. The van der Waals surface area contributed by atoms with Crippen molar-refractivity contribution in [2.45, 2.75) is 51.4 Å². The number of halogens is 1. The Bertz CT molecular complexity index is 1080. The number of Topliss-reactive ketones (excluding diaryl/α,β-unsaturated/α-hetero) is 1. The first-order chi connectivity index (χ1) is 14.6. The number of nitrogens with one attached hydrogen (secondary N) is 1. The molecule has 0 amide bonds. The van der Waals surface area contributed by atoms with Crippen LogP contribution in [0.1, 0.15) is 65.8 Å². The quantitative estimate of drug-likeness (QED) is 0.338. The van der Waals surface area contributed by atoms with Gasteiger partial charge in [-0.25, -0.2) is 4.98 Å². The molecule has 1 N–H and O–H groups in total. The summed E-state index contributed by atoms with van der Waals surface area (Å²) in [5.74, 6) is 2.51. The summed E-state index contributed by atoms with van der Waals surface area (Å²) >= 11 is 3.33. The van der Waals surface area contributed by atoms with Crippen LogP contribution in [0.2, 0.25) is 0 Å². The number of benzene rings is 2. The summed E-state index contributed by atoms with van der Waals surface area (Å²) in [5.41, 5.74) is 8.26. The molecule has 154 valence electrons. The highest BCUT2D eigenvalue weighted by Crippen LogP contribution is 2.38. The van der Waals surface area contributed by atoms with Crippen molar-refractivity contribution in [3.8, 4) is 22.4 Å². The van der Waals surface area contributed by atoms with Gasteiger partial charge in [-0.2, -0.15) is 0 Å². The van der Waals surface area contributed by atoms with Crippen LogP contribution < -0.4 is 0 Å². The number of carbonyl (C=O) groups is 1. The molecule has 0 radical (unpaired) electrons. The maximum atomic E-state index is 12.4. The fourth-order valence-corrected chi connectivity index (χ4v) is 5.55. The van der Waals surface area contributed by atoms with Gasteiger partial charge in [-0.1, -0.05) is 72.1 Å².